The van der Waals surface area contributed by atoms with Crippen LogP contribution in [0.5, 0.6) is 0 Å². The van der Waals surface area contributed by atoms with E-state index >= 15 is 0 Å². The molecule has 3 N–H and O–H groups in total. The lowest BCUT2D eigenvalue weighted by atomic mass is 10.1. The Labute approximate surface area is 104 Å². The molecule has 18 heavy (non-hydrogen) atoms. The number of hydrogen-bond donors (Lipinski definition) is 2. The minimum absolute atomic E-state index is 0.0624. The lowest BCUT2D eigenvalue weighted by Crippen LogP contribution is -2.15. The molecular weight excluding hydrogens is 233 g/mol. The largest absolute Gasteiger partial charge is 0.397 e. The van der Waals surface area contributed by atoms with Crippen LogP contribution in [0.15, 0.2) is 36.7 Å². The van der Waals surface area contributed by atoms with Crippen LogP contribution in [0.3, 0.4) is 0 Å². The van der Waals surface area contributed by atoms with Gasteiger partial charge in [-0.2, -0.15) is 0 Å². The molecule has 0 aliphatic carbocycles. The van der Waals surface area contributed by atoms with Crippen LogP contribution < -0.4 is 11.1 Å². The molecule has 0 saturated heterocycles. The van der Waals surface area contributed by atoms with Crippen LogP contribution in [-0.4, -0.2) is 10.9 Å². The predicted octanol–water partition coefficient (Wildman–Crippen LogP) is 2.36. The van der Waals surface area contributed by atoms with E-state index in [0.29, 0.717) is 11.4 Å². The van der Waals surface area contributed by atoms with Gasteiger partial charge in [0.2, 0.25) is 0 Å². The topological polar surface area (TPSA) is 68.0 Å². The van der Waals surface area contributed by atoms with Crippen LogP contribution in [0.25, 0.3) is 0 Å². The van der Waals surface area contributed by atoms with E-state index in [0.717, 1.165) is 11.8 Å². The first-order valence-electron chi connectivity index (χ1n) is 5.35. The number of nitrogens with zero attached hydrogens (tertiary/aromatic N) is 1. The van der Waals surface area contributed by atoms with Gasteiger partial charge >= 0.3 is 0 Å². The number of carbonyl (C=O) groups excluding carboxylic acids is 1. The van der Waals surface area contributed by atoms with Crippen LogP contribution in [0.2, 0.25) is 0 Å². The summed E-state index contributed by atoms with van der Waals surface area (Å²) in [5.74, 6) is -1.21. The van der Waals surface area contributed by atoms with Crippen molar-refractivity contribution in [1.29, 1.82) is 0 Å². The van der Waals surface area contributed by atoms with Crippen molar-refractivity contribution in [3.05, 3.63) is 53.6 Å². The number of aryl methyl sites for hydroxylation is 1. The Kier molecular flexibility index (Phi) is 3.23. The Morgan fingerprint density at radius 3 is 2.83 bits per heavy atom. The van der Waals surface area contributed by atoms with Gasteiger partial charge in [-0.05, 0) is 24.6 Å². The van der Waals surface area contributed by atoms with E-state index in [1.807, 2.05) is 13.0 Å². The average molecular weight is 245 g/mol. The average Bonchev–Trinajstić information content (AvgIpc) is 2.34. The zero-order valence-corrected chi connectivity index (χ0v) is 9.77. The second-order valence-electron chi connectivity index (χ2n) is 3.85. The van der Waals surface area contributed by atoms with Crippen molar-refractivity contribution < 1.29 is 9.18 Å². The molecule has 0 fully saturated rings. The highest BCUT2D eigenvalue weighted by atomic mass is 19.1. The maximum Gasteiger partial charge on any atom is 0.258 e. The van der Waals surface area contributed by atoms with Gasteiger partial charge in [-0.3, -0.25) is 9.78 Å². The number of aromatic nitrogens is 1. The highest BCUT2D eigenvalue weighted by molar-refractivity contribution is 6.06. The van der Waals surface area contributed by atoms with Crippen molar-refractivity contribution in [3.8, 4) is 0 Å². The predicted molar refractivity (Wildman–Crippen MR) is 67.7 cm³/mol. The van der Waals surface area contributed by atoms with E-state index < -0.39 is 11.7 Å². The number of anilines is 2. The van der Waals surface area contributed by atoms with E-state index in [4.69, 9.17) is 5.73 Å². The number of nitrogens with one attached hydrogen (secondary N) is 1. The van der Waals surface area contributed by atoms with Crippen LogP contribution in [0.1, 0.15) is 15.9 Å². The number of nitrogen functional groups attached to an aromatic ring is 1. The van der Waals surface area contributed by atoms with Crippen molar-refractivity contribution in [2.24, 2.45) is 0 Å². The van der Waals surface area contributed by atoms with Crippen LogP contribution in [0.4, 0.5) is 15.8 Å². The lowest BCUT2D eigenvalue weighted by Gasteiger charge is -2.11. The summed E-state index contributed by atoms with van der Waals surface area (Å²) >= 11 is 0. The Morgan fingerprint density at radius 2 is 2.17 bits per heavy atom. The fraction of sp³-hybridized carbons (Fsp3) is 0.0769. The first kappa shape index (κ1) is 12.0. The summed E-state index contributed by atoms with van der Waals surface area (Å²) in [5, 5.41) is 2.60. The third-order valence-electron chi connectivity index (χ3n) is 2.56. The second-order valence-corrected chi connectivity index (χ2v) is 3.85. The zero-order chi connectivity index (χ0) is 13.1. The van der Waals surface area contributed by atoms with Crippen molar-refractivity contribution >= 4 is 17.3 Å². The number of carbonyl (C=O) groups is 1. The second kappa shape index (κ2) is 4.83. The van der Waals surface area contributed by atoms with Gasteiger partial charge in [0.1, 0.15) is 0 Å². The minimum Gasteiger partial charge on any atom is -0.397 e. The molecule has 1 amide bonds. The van der Waals surface area contributed by atoms with E-state index in [1.165, 1.54) is 12.3 Å². The molecule has 5 heteroatoms. The summed E-state index contributed by atoms with van der Waals surface area (Å²) in [6.07, 6.45) is 2.36. The molecule has 0 aliphatic rings. The Bertz CT molecular complexity index is 578. The first-order chi connectivity index (χ1) is 8.59. The molecule has 1 aromatic heterocycles. The summed E-state index contributed by atoms with van der Waals surface area (Å²) < 4.78 is 13.4. The van der Waals surface area contributed by atoms with Crippen LogP contribution in [-0.2, 0) is 0 Å². The number of para-hydroxylation sites is 1. The molecule has 92 valence electrons. The Morgan fingerprint density at radius 1 is 1.39 bits per heavy atom. The van der Waals surface area contributed by atoms with E-state index in [9.17, 15) is 9.18 Å². The van der Waals surface area contributed by atoms with Crippen molar-refractivity contribution in [2.45, 2.75) is 6.92 Å². The van der Waals surface area contributed by atoms with Gasteiger partial charge in [0.15, 0.2) is 5.82 Å². The smallest absolute Gasteiger partial charge is 0.258 e. The summed E-state index contributed by atoms with van der Waals surface area (Å²) in [6, 6.07) is 6.59. The molecule has 0 spiro atoms. The molecule has 2 aromatic rings. The van der Waals surface area contributed by atoms with Gasteiger partial charge in [-0.1, -0.05) is 12.1 Å². The van der Waals surface area contributed by atoms with Gasteiger partial charge in [0.25, 0.3) is 5.91 Å². The van der Waals surface area contributed by atoms with Gasteiger partial charge in [-0.25, -0.2) is 4.39 Å². The van der Waals surface area contributed by atoms with Gasteiger partial charge in [0, 0.05) is 6.20 Å². The highest BCUT2D eigenvalue weighted by Gasteiger charge is 2.13. The molecule has 0 aliphatic heterocycles. The number of nitrogens with two attached hydrogens (primary N) is 1. The van der Waals surface area contributed by atoms with Crippen molar-refractivity contribution in [2.75, 3.05) is 11.1 Å². The SMILES string of the molecule is Cc1cccc(N)c1NC(=O)c1ccncc1F. The fourth-order valence-corrected chi connectivity index (χ4v) is 1.60. The molecule has 2 rings (SSSR count). The number of amides is 1. The number of benzene rings is 1. The zero-order valence-electron chi connectivity index (χ0n) is 9.77. The highest BCUT2D eigenvalue weighted by Crippen LogP contribution is 2.23. The monoisotopic (exact) mass is 245 g/mol. The molecule has 1 aromatic carbocycles. The molecular formula is C13H12FN3O. The third kappa shape index (κ3) is 2.29. The number of halogens is 1. The quantitative estimate of drug-likeness (QED) is 0.798. The number of rotatable bonds is 2. The summed E-state index contributed by atoms with van der Waals surface area (Å²) in [5.41, 5.74) is 7.46. The van der Waals surface area contributed by atoms with Crippen molar-refractivity contribution in [3.63, 3.8) is 0 Å². The summed E-state index contributed by atoms with van der Waals surface area (Å²) in [7, 11) is 0. The molecule has 1 heterocycles. The summed E-state index contributed by atoms with van der Waals surface area (Å²) in [4.78, 5) is 15.5. The van der Waals surface area contributed by atoms with Gasteiger partial charge in [0.05, 0.1) is 23.1 Å². The van der Waals surface area contributed by atoms with Gasteiger partial charge in [-0.15, -0.1) is 0 Å². The van der Waals surface area contributed by atoms with E-state index in [2.05, 4.69) is 10.3 Å². The number of hydrogen-bond acceptors (Lipinski definition) is 3. The van der Waals surface area contributed by atoms with Crippen LogP contribution >= 0.6 is 0 Å². The van der Waals surface area contributed by atoms with E-state index in [-0.39, 0.29) is 5.56 Å². The maximum absolute atomic E-state index is 13.4. The Hall–Kier alpha value is -2.43. The van der Waals surface area contributed by atoms with Crippen LogP contribution in [0, 0.1) is 12.7 Å². The minimum atomic E-state index is -0.665. The van der Waals surface area contributed by atoms with E-state index in [1.54, 1.807) is 12.1 Å². The Balaban J connectivity index is 2.30. The fourth-order valence-electron chi connectivity index (χ4n) is 1.60. The molecule has 0 radical (unpaired) electrons. The maximum atomic E-state index is 13.4. The molecule has 0 saturated carbocycles. The van der Waals surface area contributed by atoms with Crippen molar-refractivity contribution in [1.82, 2.24) is 4.98 Å². The molecule has 0 bridgehead atoms. The number of pyridine rings is 1. The van der Waals surface area contributed by atoms with Gasteiger partial charge < -0.3 is 11.1 Å². The third-order valence-corrected chi connectivity index (χ3v) is 2.56. The summed E-state index contributed by atoms with van der Waals surface area (Å²) in [6.45, 7) is 1.81. The first-order valence-corrected chi connectivity index (χ1v) is 5.35. The standard InChI is InChI=1S/C13H12FN3O/c1-8-3-2-4-11(15)12(8)17-13(18)9-5-6-16-7-10(9)14/h2-7H,15H2,1H3,(H,17,18). The normalized spacial score (nSPS) is 10.1. The molecule has 0 unspecified atom stereocenters. The molecule has 0 atom stereocenters. The molecule has 4 nitrogen and oxygen atoms in total. The lowest BCUT2D eigenvalue weighted by molar-refractivity contribution is 0.102.